The Kier molecular flexibility index (Phi) is 5.78. The van der Waals surface area contributed by atoms with Crippen LogP contribution in [0.5, 0.6) is 0 Å². The molecular formula is C35H28N2. The monoisotopic (exact) mass is 476 g/mol. The number of aromatic nitrogens is 2. The summed E-state index contributed by atoms with van der Waals surface area (Å²) in [5.41, 5.74) is 7.83. The highest BCUT2D eigenvalue weighted by atomic mass is 15.1. The highest BCUT2D eigenvalue weighted by Crippen LogP contribution is 2.39. The van der Waals surface area contributed by atoms with Crippen LogP contribution in [0.1, 0.15) is 23.9 Å². The van der Waals surface area contributed by atoms with Crippen LogP contribution in [0.15, 0.2) is 116 Å². The zero-order chi connectivity index (χ0) is 25.4. The summed E-state index contributed by atoms with van der Waals surface area (Å²) in [6, 6.07) is 36.6. The van der Waals surface area contributed by atoms with Crippen LogP contribution in [0.4, 0.5) is 0 Å². The second-order valence-electron chi connectivity index (χ2n) is 9.25. The van der Waals surface area contributed by atoms with Gasteiger partial charge in [-0.1, -0.05) is 104 Å². The van der Waals surface area contributed by atoms with Crippen molar-refractivity contribution in [3.8, 4) is 28.2 Å². The van der Waals surface area contributed by atoms with Gasteiger partial charge in [-0.2, -0.15) is 0 Å². The fraction of sp³-hybridized carbons (Fsp3) is 0.0571. The lowest BCUT2D eigenvalue weighted by Gasteiger charge is -2.16. The molecule has 5 aromatic carbocycles. The van der Waals surface area contributed by atoms with Crippen LogP contribution in [0.25, 0.3) is 61.9 Å². The van der Waals surface area contributed by atoms with Gasteiger partial charge in [0.05, 0.1) is 11.4 Å². The van der Waals surface area contributed by atoms with E-state index in [9.17, 15) is 0 Å². The van der Waals surface area contributed by atoms with Crippen LogP contribution in [0, 0.1) is 6.92 Å². The Morgan fingerprint density at radius 3 is 1.78 bits per heavy atom. The van der Waals surface area contributed by atoms with Gasteiger partial charge < -0.3 is 0 Å². The number of nitrogens with zero attached hydrogens (tertiary/aromatic N) is 2. The van der Waals surface area contributed by atoms with Gasteiger partial charge in [-0.3, -0.25) is 4.57 Å². The Morgan fingerprint density at radius 1 is 0.676 bits per heavy atom. The highest BCUT2D eigenvalue weighted by molar-refractivity contribution is 6.14. The summed E-state index contributed by atoms with van der Waals surface area (Å²) >= 11 is 0. The first kappa shape index (κ1) is 22.8. The van der Waals surface area contributed by atoms with Gasteiger partial charge in [-0.25, -0.2) is 4.98 Å². The lowest BCUT2D eigenvalue weighted by atomic mass is 9.89. The smallest absolute Gasteiger partial charge is 0.145 e. The highest BCUT2D eigenvalue weighted by Gasteiger charge is 2.18. The van der Waals surface area contributed by atoms with Crippen LogP contribution in [0.3, 0.4) is 0 Å². The van der Waals surface area contributed by atoms with Gasteiger partial charge in [0.25, 0.3) is 0 Å². The Balaban J connectivity index is 1.56. The van der Waals surface area contributed by atoms with E-state index in [1.54, 1.807) is 0 Å². The minimum atomic E-state index is 0.872. The van der Waals surface area contributed by atoms with E-state index in [2.05, 4.69) is 121 Å². The summed E-state index contributed by atoms with van der Waals surface area (Å²) in [7, 11) is 0. The van der Waals surface area contributed by atoms with Crippen LogP contribution in [-0.2, 0) is 0 Å². The summed E-state index contributed by atoms with van der Waals surface area (Å²) in [6.07, 6.45) is 5.97. The average Bonchev–Trinajstić information content (AvgIpc) is 3.32. The molecule has 0 atom stereocenters. The Bertz CT molecular complexity index is 1730. The molecule has 0 N–H and O–H groups in total. The van der Waals surface area contributed by atoms with Gasteiger partial charge in [0, 0.05) is 11.3 Å². The summed E-state index contributed by atoms with van der Waals surface area (Å²) in [5.74, 6) is 0.902. The van der Waals surface area contributed by atoms with Crippen molar-refractivity contribution in [2.45, 2.75) is 13.8 Å². The molecule has 0 radical (unpaired) electrons. The molecule has 0 saturated carbocycles. The Morgan fingerprint density at radius 2 is 1.22 bits per heavy atom. The normalized spacial score (nSPS) is 11.5. The fourth-order valence-electron chi connectivity index (χ4n) is 5.39. The molecule has 178 valence electrons. The summed E-state index contributed by atoms with van der Waals surface area (Å²) in [6.45, 7) is 8.28. The van der Waals surface area contributed by atoms with Crippen LogP contribution < -0.4 is 0 Å². The van der Waals surface area contributed by atoms with Crippen molar-refractivity contribution in [1.82, 2.24) is 9.55 Å². The molecule has 0 amide bonds. The molecule has 1 heterocycles. The second-order valence-corrected chi connectivity index (χ2v) is 9.25. The number of fused-ring (bicyclic) bond motifs is 2. The average molecular weight is 477 g/mol. The van der Waals surface area contributed by atoms with Crippen LogP contribution in [0.2, 0.25) is 0 Å². The predicted octanol–water partition coefficient (Wildman–Crippen LogP) is 9.50. The number of imidazole rings is 1. The second kappa shape index (κ2) is 9.40. The van der Waals surface area contributed by atoms with E-state index in [0.29, 0.717) is 0 Å². The first-order valence-electron chi connectivity index (χ1n) is 12.7. The van der Waals surface area contributed by atoms with Gasteiger partial charge in [0.2, 0.25) is 0 Å². The van der Waals surface area contributed by atoms with Gasteiger partial charge >= 0.3 is 0 Å². The van der Waals surface area contributed by atoms with E-state index < -0.39 is 0 Å². The molecule has 37 heavy (non-hydrogen) atoms. The third-order valence-electron chi connectivity index (χ3n) is 7.11. The topological polar surface area (TPSA) is 17.8 Å². The molecule has 0 bridgehead atoms. The number of allylic oxidation sites excluding steroid dienone is 1. The van der Waals surface area contributed by atoms with E-state index in [1.165, 1.54) is 38.2 Å². The molecule has 0 aliphatic carbocycles. The van der Waals surface area contributed by atoms with E-state index in [4.69, 9.17) is 4.98 Å². The number of benzene rings is 5. The fourth-order valence-corrected chi connectivity index (χ4v) is 5.39. The van der Waals surface area contributed by atoms with Gasteiger partial charge in [-0.15, -0.1) is 0 Å². The van der Waals surface area contributed by atoms with Crippen molar-refractivity contribution in [1.29, 1.82) is 0 Å². The molecule has 2 heteroatoms. The lowest BCUT2D eigenvalue weighted by molar-refractivity contribution is 1.05. The standard InChI is InChI=1S/C35H28N2/c1-4-13-33-32(5-2)36-35(37(33)27-14-7-6-8-15-27)26-22-20-25(21-23-26)34-30-18-11-9-16-28(30)24(3)29-17-10-12-19-31(29)34/h4-23H,2H2,1,3H3/b13-4-. The van der Waals surface area contributed by atoms with Crippen molar-refractivity contribution in [2.24, 2.45) is 0 Å². The molecule has 6 rings (SSSR count). The SMILES string of the molecule is C=Cc1nc(-c2ccc(-c3c4ccccc4c(C)c4ccccc34)cc2)n(-c2ccccc2)c1/C=C\C. The third-order valence-corrected chi connectivity index (χ3v) is 7.11. The first-order valence-corrected chi connectivity index (χ1v) is 12.7. The zero-order valence-electron chi connectivity index (χ0n) is 21.1. The molecule has 1 aromatic heterocycles. The number of rotatable bonds is 5. The maximum atomic E-state index is 5.00. The first-order chi connectivity index (χ1) is 18.2. The van der Waals surface area contributed by atoms with E-state index in [0.717, 1.165) is 28.5 Å². The zero-order valence-corrected chi connectivity index (χ0v) is 21.1. The Labute approximate surface area is 217 Å². The lowest BCUT2D eigenvalue weighted by Crippen LogP contribution is -2.00. The maximum Gasteiger partial charge on any atom is 0.145 e. The molecule has 0 fully saturated rings. The molecule has 0 aliphatic rings. The van der Waals surface area contributed by atoms with Gasteiger partial charge in [-0.05, 0) is 76.4 Å². The third kappa shape index (κ3) is 3.78. The van der Waals surface area contributed by atoms with E-state index in [-0.39, 0.29) is 0 Å². The van der Waals surface area contributed by atoms with Crippen molar-refractivity contribution < 1.29 is 0 Å². The minimum absolute atomic E-state index is 0.872. The van der Waals surface area contributed by atoms with Crippen LogP contribution >= 0.6 is 0 Å². The van der Waals surface area contributed by atoms with E-state index in [1.807, 2.05) is 25.1 Å². The van der Waals surface area contributed by atoms with Crippen molar-refractivity contribution >= 4 is 33.7 Å². The molecule has 0 aliphatic heterocycles. The van der Waals surface area contributed by atoms with Crippen molar-refractivity contribution in [2.75, 3.05) is 0 Å². The molecule has 0 saturated heterocycles. The number of para-hydroxylation sites is 1. The van der Waals surface area contributed by atoms with Crippen LogP contribution in [-0.4, -0.2) is 9.55 Å². The quantitative estimate of drug-likeness (QED) is 0.227. The summed E-state index contributed by atoms with van der Waals surface area (Å²) in [4.78, 5) is 5.00. The molecule has 6 aromatic rings. The summed E-state index contributed by atoms with van der Waals surface area (Å²) < 4.78 is 2.21. The number of hydrogen-bond donors (Lipinski definition) is 0. The van der Waals surface area contributed by atoms with Crippen molar-refractivity contribution in [3.63, 3.8) is 0 Å². The molecule has 0 unspecified atom stereocenters. The minimum Gasteiger partial charge on any atom is -0.292 e. The maximum absolute atomic E-state index is 5.00. The molecule has 2 nitrogen and oxygen atoms in total. The molecular weight excluding hydrogens is 448 g/mol. The summed E-state index contributed by atoms with van der Waals surface area (Å²) in [5, 5.41) is 5.15. The Hall–Kier alpha value is -4.69. The largest absolute Gasteiger partial charge is 0.292 e. The number of aryl methyl sites for hydroxylation is 1. The molecule has 0 spiro atoms. The number of hydrogen-bond acceptors (Lipinski definition) is 1. The van der Waals surface area contributed by atoms with Gasteiger partial charge in [0.15, 0.2) is 0 Å². The van der Waals surface area contributed by atoms with Crippen molar-refractivity contribution in [3.05, 3.63) is 133 Å². The predicted molar refractivity (Wildman–Crippen MR) is 159 cm³/mol. The van der Waals surface area contributed by atoms with E-state index >= 15 is 0 Å². The van der Waals surface area contributed by atoms with Gasteiger partial charge in [0.1, 0.15) is 5.82 Å².